The summed E-state index contributed by atoms with van der Waals surface area (Å²) < 4.78 is 34.4. The van der Waals surface area contributed by atoms with Gasteiger partial charge in [0.05, 0.1) is 12.7 Å². The number of aromatic nitrogens is 1. The van der Waals surface area contributed by atoms with Gasteiger partial charge in [-0.2, -0.15) is 8.78 Å². The van der Waals surface area contributed by atoms with Crippen LogP contribution >= 0.6 is 0 Å². The van der Waals surface area contributed by atoms with Crippen LogP contribution in [-0.4, -0.2) is 18.1 Å². The van der Waals surface area contributed by atoms with E-state index < -0.39 is 12.7 Å². The van der Waals surface area contributed by atoms with E-state index in [-0.39, 0.29) is 12.4 Å². The molecule has 112 valence electrons. The fourth-order valence-corrected chi connectivity index (χ4v) is 1.85. The van der Waals surface area contributed by atoms with Crippen molar-refractivity contribution < 1.29 is 18.3 Å². The number of ether oxygens (including phenoxy) is 2. The Labute approximate surface area is 121 Å². The summed E-state index contributed by atoms with van der Waals surface area (Å²) in [5.41, 5.74) is 7.35. The molecule has 6 heteroatoms. The second-order valence-corrected chi connectivity index (χ2v) is 4.33. The Morgan fingerprint density at radius 2 is 1.90 bits per heavy atom. The second-order valence-electron chi connectivity index (χ2n) is 4.33. The van der Waals surface area contributed by atoms with Crippen molar-refractivity contribution in [3.8, 4) is 5.88 Å². The predicted octanol–water partition coefficient (Wildman–Crippen LogP) is 2.90. The highest BCUT2D eigenvalue weighted by atomic mass is 19.3. The van der Waals surface area contributed by atoms with Gasteiger partial charge in [0, 0.05) is 18.8 Å². The minimum absolute atomic E-state index is 0.149. The second kappa shape index (κ2) is 7.66. The van der Waals surface area contributed by atoms with E-state index >= 15 is 0 Å². The van der Waals surface area contributed by atoms with Crippen molar-refractivity contribution in [2.24, 2.45) is 5.73 Å². The third-order valence-electron chi connectivity index (χ3n) is 2.85. The highest BCUT2D eigenvalue weighted by Gasteiger charge is 2.13. The SMILES string of the molecule is NC[C@@H](OCc1ccccc1)c1ccnc(OC(F)F)c1. The highest BCUT2D eigenvalue weighted by molar-refractivity contribution is 5.23. The van der Waals surface area contributed by atoms with Gasteiger partial charge >= 0.3 is 6.61 Å². The molecular formula is C15H16F2N2O2. The summed E-state index contributed by atoms with van der Waals surface area (Å²) in [5, 5.41) is 0. The average Bonchev–Trinajstić information content (AvgIpc) is 2.49. The number of benzene rings is 1. The monoisotopic (exact) mass is 294 g/mol. The van der Waals surface area contributed by atoms with E-state index in [0.717, 1.165) is 5.56 Å². The third kappa shape index (κ3) is 4.77. The van der Waals surface area contributed by atoms with Crippen LogP contribution in [0.25, 0.3) is 0 Å². The zero-order valence-corrected chi connectivity index (χ0v) is 11.3. The van der Waals surface area contributed by atoms with Gasteiger partial charge in [-0.25, -0.2) is 4.98 Å². The summed E-state index contributed by atoms with van der Waals surface area (Å²) in [4.78, 5) is 3.72. The van der Waals surface area contributed by atoms with E-state index in [1.165, 1.54) is 12.3 Å². The molecule has 0 aliphatic carbocycles. The van der Waals surface area contributed by atoms with E-state index in [0.29, 0.717) is 12.2 Å². The van der Waals surface area contributed by atoms with Crippen molar-refractivity contribution >= 4 is 0 Å². The largest absolute Gasteiger partial charge is 0.417 e. The molecule has 0 spiro atoms. The highest BCUT2D eigenvalue weighted by Crippen LogP contribution is 2.21. The van der Waals surface area contributed by atoms with Gasteiger partial charge in [0.15, 0.2) is 0 Å². The molecule has 1 aromatic heterocycles. The topological polar surface area (TPSA) is 57.4 Å². The molecule has 0 amide bonds. The summed E-state index contributed by atoms with van der Waals surface area (Å²) in [5.74, 6) is -0.149. The normalized spacial score (nSPS) is 12.4. The first-order valence-corrected chi connectivity index (χ1v) is 6.45. The van der Waals surface area contributed by atoms with Crippen LogP contribution in [0.2, 0.25) is 0 Å². The number of rotatable bonds is 7. The molecule has 1 atom stereocenters. The molecule has 0 aliphatic heterocycles. The first kappa shape index (κ1) is 15.3. The lowest BCUT2D eigenvalue weighted by atomic mass is 10.1. The maximum Gasteiger partial charge on any atom is 0.388 e. The van der Waals surface area contributed by atoms with E-state index in [1.54, 1.807) is 6.07 Å². The van der Waals surface area contributed by atoms with Crippen LogP contribution in [0.4, 0.5) is 8.78 Å². The summed E-state index contributed by atoms with van der Waals surface area (Å²) in [6, 6.07) is 12.7. The number of nitrogens with zero attached hydrogens (tertiary/aromatic N) is 1. The van der Waals surface area contributed by atoms with Crippen LogP contribution in [0.5, 0.6) is 5.88 Å². The Kier molecular flexibility index (Phi) is 5.59. The van der Waals surface area contributed by atoms with Gasteiger partial charge in [0.2, 0.25) is 5.88 Å². The predicted molar refractivity (Wildman–Crippen MR) is 73.9 cm³/mol. The molecule has 0 fully saturated rings. The molecule has 0 aliphatic rings. The standard InChI is InChI=1S/C15H16F2N2O2/c16-15(17)21-14-8-12(6-7-19-14)13(9-18)20-10-11-4-2-1-3-5-11/h1-8,13,15H,9-10,18H2/t13-/m1/s1. The Hall–Kier alpha value is -2.05. The van der Waals surface area contributed by atoms with Gasteiger partial charge in [-0.15, -0.1) is 0 Å². The molecule has 2 rings (SSSR count). The minimum Gasteiger partial charge on any atom is -0.417 e. The number of hydrogen-bond donors (Lipinski definition) is 1. The zero-order chi connectivity index (χ0) is 15.1. The number of halogens is 2. The Balaban J connectivity index is 2.03. The fraction of sp³-hybridized carbons (Fsp3) is 0.267. The van der Waals surface area contributed by atoms with E-state index in [1.807, 2.05) is 30.3 Å². The smallest absolute Gasteiger partial charge is 0.388 e. The Morgan fingerprint density at radius 3 is 2.57 bits per heavy atom. The zero-order valence-electron chi connectivity index (χ0n) is 11.3. The lowest BCUT2D eigenvalue weighted by Gasteiger charge is -2.17. The third-order valence-corrected chi connectivity index (χ3v) is 2.85. The number of nitrogens with two attached hydrogens (primary N) is 1. The van der Waals surface area contributed by atoms with Gasteiger partial charge in [0.1, 0.15) is 0 Å². The molecule has 0 saturated heterocycles. The molecule has 0 unspecified atom stereocenters. The molecule has 0 radical (unpaired) electrons. The van der Waals surface area contributed by atoms with Gasteiger partial charge in [-0.1, -0.05) is 30.3 Å². The van der Waals surface area contributed by atoms with Crippen LogP contribution in [0.3, 0.4) is 0 Å². The van der Waals surface area contributed by atoms with Crippen molar-refractivity contribution in [2.75, 3.05) is 6.54 Å². The average molecular weight is 294 g/mol. The number of pyridine rings is 1. The van der Waals surface area contributed by atoms with Crippen molar-refractivity contribution in [1.29, 1.82) is 0 Å². The van der Waals surface area contributed by atoms with Crippen molar-refractivity contribution in [3.63, 3.8) is 0 Å². The Morgan fingerprint density at radius 1 is 1.14 bits per heavy atom. The van der Waals surface area contributed by atoms with Crippen LogP contribution in [0, 0.1) is 0 Å². The minimum atomic E-state index is -2.91. The van der Waals surface area contributed by atoms with E-state index in [2.05, 4.69) is 9.72 Å². The lowest BCUT2D eigenvalue weighted by molar-refractivity contribution is -0.0531. The summed E-state index contributed by atoms with van der Waals surface area (Å²) in [7, 11) is 0. The molecule has 4 nitrogen and oxygen atoms in total. The molecule has 1 aromatic carbocycles. The Bertz CT molecular complexity index is 552. The summed E-state index contributed by atoms with van der Waals surface area (Å²) >= 11 is 0. The van der Waals surface area contributed by atoms with E-state index in [4.69, 9.17) is 10.5 Å². The molecule has 2 N–H and O–H groups in total. The van der Waals surface area contributed by atoms with E-state index in [9.17, 15) is 8.78 Å². The molecule has 0 saturated carbocycles. The van der Waals surface area contributed by atoms with Crippen LogP contribution < -0.4 is 10.5 Å². The van der Waals surface area contributed by atoms with Gasteiger partial charge in [-0.05, 0) is 17.2 Å². The number of hydrogen-bond acceptors (Lipinski definition) is 4. The maximum absolute atomic E-state index is 12.2. The van der Waals surface area contributed by atoms with Crippen molar-refractivity contribution in [2.45, 2.75) is 19.3 Å². The summed E-state index contributed by atoms with van der Waals surface area (Å²) in [6.45, 7) is -2.30. The van der Waals surface area contributed by atoms with Crippen molar-refractivity contribution in [3.05, 3.63) is 59.8 Å². The van der Waals surface area contributed by atoms with Gasteiger partial charge in [-0.3, -0.25) is 0 Å². The van der Waals surface area contributed by atoms with Crippen molar-refractivity contribution in [1.82, 2.24) is 4.98 Å². The fourth-order valence-electron chi connectivity index (χ4n) is 1.85. The molecule has 1 heterocycles. The van der Waals surface area contributed by atoms with Crippen LogP contribution in [0.15, 0.2) is 48.7 Å². The van der Waals surface area contributed by atoms with Crippen LogP contribution in [-0.2, 0) is 11.3 Å². The maximum atomic E-state index is 12.2. The molecular weight excluding hydrogens is 278 g/mol. The lowest BCUT2D eigenvalue weighted by Crippen LogP contribution is -2.16. The van der Waals surface area contributed by atoms with Crippen LogP contribution in [0.1, 0.15) is 17.2 Å². The first-order chi connectivity index (χ1) is 10.2. The molecule has 2 aromatic rings. The van der Waals surface area contributed by atoms with Gasteiger partial charge < -0.3 is 15.2 Å². The first-order valence-electron chi connectivity index (χ1n) is 6.45. The summed E-state index contributed by atoms with van der Waals surface area (Å²) in [6.07, 6.45) is 0.981. The van der Waals surface area contributed by atoms with Gasteiger partial charge in [0.25, 0.3) is 0 Å². The number of alkyl halides is 2. The molecule has 0 bridgehead atoms. The molecule has 21 heavy (non-hydrogen) atoms. The quantitative estimate of drug-likeness (QED) is 0.853.